The van der Waals surface area contributed by atoms with Gasteiger partial charge >= 0.3 is 0 Å². The van der Waals surface area contributed by atoms with Crippen LogP contribution in [0.15, 0.2) is 18.3 Å². The summed E-state index contributed by atoms with van der Waals surface area (Å²) in [6.07, 6.45) is 2.96. The topological polar surface area (TPSA) is 27.1 Å². The van der Waals surface area contributed by atoms with Crippen LogP contribution in [-0.2, 0) is 11.3 Å². The van der Waals surface area contributed by atoms with E-state index in [1.807, 2.05) is 20.0 Å². The largest absolute Gasteiger partial charge is 0.385 e. The first-order valence-corrected chi connectivity index (χ1v) is 6.64. The van der Waals surface area contributed by atoms with Crippen molar-refractivity contribution in [3.8, 4) is 0 Å². The van der Waals surface area contributed by atoms with Crippen molar-refractivity contribution < 1.29 is 4.74 Å². The number of aromatic nitrogens is 2. The van der Waals surface area contributed by atoms with Crippen molar-refractivity contribution in [2.75, 3.05) is 13.7 Å². The van der Waals surface area contributed by atoms with Gasteiger partial charge in [0.1, 0.15) is 0 Å². The molecule has 18 heavy (non-hydrogen) atoms. The van der Waals surface area contributed by atoms with Gasteiger partial charge in [-0.05, 0) is 37.5 Å². The molecule has 0 saturated carbocycles. The minimum Gasteiger partial charge on any atom is -0.385 e. The first-order chi connectivity index (χ1) is 8.72. The van der Waals surface area contributed by atoms with E-state index in [-0.39, 0.29) is 0 Å². The van der Waals surface area contributed by atoms with E-state index in [0.717, 1.165) is 19.6 Å². The number of aryl methyl sites for hydroxylation is 3. The van der Waals surface area contributed by atoms with E-state index in [1.54, 1.807) is 7.11 Å². The maximum absolute atomic E-state index is 5.06. The molecule has 0 bridgehead atoms. The molecule has 0 saturated heterocycles. The van der Waals surface area contributed by atoms with Gasteiger partial charge in [0, 0.05) is 25.6 Å². The molecule has 0 atom stereocenters. The van der Waals surface area contributed by atoms with Crippen LogP contribution >= 0.6 is 0 Å². The fourth-order valence-electron chi connectivity index (χ4n) is 2.06. The van der Waals surface area contributed by atoms with Gasteiger partial charge in [-0.3, -0.25) is 4.68 Å². The van der Waals surface area contributed by atoms with Gasteiger partial charge in [0.2, 0.25) is 0 Å². The summed E-state index contributed by atoms with van der Waals surface area (Å²) in [5, 5.41) is 5.68. The molecular formula is C15H24N2O. The molecule has 0 unspecified atom stereocenters. The molecule has 0 amide bonds. The van der Waals surface area contributed by atoms with Gasteiger partial charge in [0.25, 0.3) is 0 Å². The second kappa shape index (κ2) is 7.17. The van der Waals surface area contributed by atoms with Crippen LogP contribution in [0.2, 0.25) is 0 Å². The summed E-state index contributed by atoms with van der Waals surface area (Å²) < 4.78 is 7.12. The lowest BCUT2D eigenvalue weighted by atomic mass is 10.1. The maximum Gasteiger partial charge on any atom is 0.0687 e. The maximum atomic E-state index is 5.06. The molecule has 1 aromatic carbocycles. The van der Waals surface area contributed by atoms with Crippen LogP contribution in [0.4, 0.5) is 0 Å². The highest BCUT2D eigenvalue weighted by atomic mass is 16.5. The van der Waals surface area contributed by atoms with Crippen LogP contribution in [0.5, 0.6) is 0 Å². The molecule has 3 heteroatoms. The molecule has 2 rings (SSSR count). The number of benzene rings is 1. The van der Waals surface area contributed by atoms with Crippen molar-refractivity contribution >= 4 is 10.9 Å². The zero-order chi connectivity index (χ0) is 13.5. The molecule has 0 N–H and O–H groups in total. The third-order valence-corrected chi connectivity index (χ3v) is 2.83. The summed E-state index contributed by atoms with van der Waals surface area (Å²) in [6, 6.07) is 4.39. The zero-order valence-electron chi connectivity index (χ0n) is 12.2. The van der Waals surface area contributed by atoms with Gasteiger partial charge in [-0.15, -0.1) is 0 Å². The molecule has 1 heterocycles. The third kappa shape index (κ3) is 3.33. The van der Waals surface area contributed by atoms with E-state index in [0.29, 0.717) is 0 Å². The van der Waals surface area contributed by atoms with Gasteiger partial charge in [-0.2, -0.15) is 5.10 Å². The number of nitrogens with zero attached hydrogens (tertiary/aromatic N) is 2. The van der Waals surface area contributed by atoms with Crippen molar-refractivity contribution in [1.82, 2.24) is 9.78 Å². The number of hydrogen-bond donors (Lipinski definition) is 0. The van der Waals surface area contributed by atoms with E-state index >= 15 is 0 Å². The number of methoxy groups -OCH3 is 1. The summed E-state index contributed by atoms with van der Waals surface area (Å²) in [5.74, 6) is 0. The number of rotatable bonds is 4. The summed E-state index contributed by atoms with van der Waals surface area (Å²) >= 11 is 0. The van der Waals surface area contributed by atoms with Crippen molar-refractivity contribution in [3.63, 3.8) is 0 Å². The van der Waals surface area contributed by atoms with Gasteiger partial charge < -0.3 is 4.74 Å². The van der Waals surface area contributed by atoms with Gasteiger partial charge in [0.05, 0.1) is 11.7 Å². The Morgan fingerprint density at radius 1 is 1.22 bits per heavy atom. The fraction of sp³-hybridized carbons (Fsp3) is 0.533. The van der Waals surface area contributed by atoms with E-state index in [4.69, 9.17) is 4.74 Å². The highest BCUT2D eigenvalue weighted by Gasteiger charge is 2.05. The summed E-state index contributed by atoms with van der Waals surface area (Å²) in [7, 11) is 1.73. The normalized spacial score (nSPS) is 10.3. The lowest BCUT2D eigenvalue weighted by Crippen LogP contribution is -2.02. The highest BCUT2D eigenvalue weighted by molar-refractivity contribution is 5.82. The van der Waals surface area contributed by atoms with E-state index in [1.165, 1.54) is 22.0 Å². The number of fused-ring (bicyclic) bond motifs is 1. The zero-order valence-corrected chi connectivity index (χ0v) is 12.2. The Hall–Kier alpha value is -1.35. The summed E-state index contributed by atoms with van der Waals surface area (Å²) in [4.78, 5) is 0. The smallest absolute Gasteiger partial charge is 0.0687 e. The van der Waals surface area contributed by atoms with Crippen LogP contribution in [0, 0.1) is 13.8 Å². The minimum absolute atomic E-state index is 0.784. The van der Waals surface area contributed by atoms with E-state index in [2.05, 4.69) is 35.8 Å². The van der Waals surface area contributed by atoms with Crippen molar-refractivity contribution in [2.24, 2.45) is 0 Å². The average Bonchev–Trinajstić information content (AvgIpc) is 2.76. The molecule has 3 nitrogen and oxygen atoms in total. The van der Waals surface area contributed by atoms with Crippen molar-refractivity contribution in [3.05, 3.63) is 29.5 Å². The fourth-order valence-corrected chi connectivity index (χ4v) is 2.06. The average molecular weight is 248 g/mol. The second-order valence-corrected chi connectivity index (χ2v) is 4.23. The molecule has 1 aromatic heterocycles. The Kier molecular flexibility index (Phi) is 5.86. The number of hydrogen-bond acceptors (Lipinski definition) is 2. The lowest BCUT2D eigenvalue weighted by molar-refractivity contribution is 0.189. The van der Waals surface area contributed by atoms with E-state index in [9.17, 15) is 0 Å². The Labute approximate surface area is 110 Å². The molecule has 0 spiro atoms. The first-order valence-electron chi connectivity index (χ1n) is 6.64. The van der Waals surface area contributed by atoms with Crippen LogP contribution in [0.1, 0.15) is 31.4 Å². The molecule has 0 aliphatic carbocycles. The first kappa shape index (κ1) is 14.7. The van der Waals surface area contributed by atoms with Crippen LogP contribution in [-0.4, -0.2) is 23.5 Å². The molecule has 100 valence electrons. The molecule has 2 aromatic rings. The summed E-state index contributed by atoms with van der Waals surface area (Å²) in [5.41, 5.74) is 3.82. The molecule has 0 aliphatic rings. The van der Waals surface area contributed by atoms with Crippen molar-refractivity contribution in [1.29, 1.82) is 0 Å². The Morgan fingerprint density at radius 2 is 1.94 bits per heavy atom. The SMILES string of the molecule is CC.COCCCn1ncc2c(C)cc(C)cc21. The second-order valence-electron chi connectivity index (χ2n) is 4.23. The third-order valence-electron chi connectivity index (χ3n) is 2.83. The summed E-state index contributed by atoms with van der Waals surface area (Å²) in [6.45, 7) is 9.96. The van der Waals surface area contributed by atoms with E-state index < -0.39 is 0 Å². The predicted octanol–water partition coefficient (Wildman–Crippen LogP) is 3.72. The molecule has 0 fully saturated rings. The lowest BCUT2D eigenvalue weighted by Gasteiger charge is -2.05. The predicted molar refractivity (Wildman–Crippen MR) is 77.0 cm³/mol. The van der Waals surface area contributed by atoms with Crippen molar-refractivity contribution in [2.45, 2.75) is 40.7 Å². The van der Waals surface area contributed by atoms with Gasteiger partial charge in [-0.1, -0.05) is 19.9 Å². The van der Waals surface area contributed by atoms with Crippen LogP contribution in [0.3, 0.4) is 0 Å². The number of ether oxygens (including phenoxy) is 1. The molecule has 0 radical (unpaired) electrons. The van der Waals surface area contributed by atoms with Crippen LogP contribution < -0.4 is 0 Å². The quantitative estimate of drug-likeness (QED) is 0.771. The van der Waals surface area contributed by atoms with Crippen LogP contribution in [0.25, 0.3) is 10.9 Å². The van der Waals surface area contributed by atoms with Gasteiger partial charge in [-0.25, -0.2) is 0 Å². The minimum atomic E-state index is 0.784. The Balaban J connectivity index is 0.000000771. The highest BCUT2D eigenvalue weighted by Crippen LogP contribution is 2.20. The monoisotopic (exact) mass is 248 g/mol. The Morgan fingerprint density at radius 3 is 2.61 bits per heavy atom. The molecule has 0 aliphatic heterocycles. The van der Waals surface area contributed by atoms with Gasteiger partial charge in [0.15, 0.2) is 0 Å². The molecular weight excluding hydrogens is 224 g/mol. The standard InChI is InChI=1S/C13H18N2O.C2H6/c1-10-7-11(2)12-9-14-15(13(12)8-10)5-4-6-16-3;1-2/h7-9H,4-6H2,1-3H3;1-2H3. The Bertz CT molecular complexity index is 488.